The van der Waals surface area contributed by atoms with Crippen molar-refractivity contribution in [1.82, 2.24) is 5.32 Å². The molecule has 0 spiro atoms. The summed E-state index contributed by atoms with van der Waals surface area (Å²) in [5.41, 5.74) is 1.36. The van der Waals surface area contributed by atoms with Crippen molar-refractivity contribution in [2.75, 3.05) is 11.9 Å². The maximum absolute atomic E-state index is 12.2. The van der Waals surface area contributed by atoms with Gasteiger partial charge in [0.1, 0.15) is 5.75 Å². The fraction of sp³-hybridized carbons (Fsp3) is 0.222. The van der Waals surface area contributed by atoms with Gasteiger partial charge in [0, 0.05) is 15.3 Å². The molecular weight excluding hydrogens is 435 g/mol. The number of halogens is 1. The normalized spacial score (nSPS) is 10.3. The number of benzene rings is 2. The van der Waals surface area contributed by atoms with Crippen LogP contribution in [0.25, 0.3) is 0 Å². The molecule has 2 rings (SSSR count). The van der Waals surface area contributed by atoms with E-state index in [0.29, 0.717) is 18.1 Å². The molecule has 0 aliphatic heterocycles. The average molecular weight is 454 g/mol. The minimum Gasteiger partial charge on any atom is -0.493 e. The summed E-state index contributed by atoms with van der Waals surface area (Å²) in [5.74, 6) is 0.987. The van der Waals surface area contributed by atoms with Gasteiger partial charge in [0.2, 0.25) is 0 Å². The van der Waals surface area contributed by atoms with Crippen LogP contribution in [0.1, 0.15) is 24.2 Å². The molecule has 0 aliphatic carbocycles. The molecule has 0 atom stereocenters. The molecule has 24 heavy (non-hydrogen) atoms. The van der Waals surface area contributed by atoms with Crippen LogP contribution in [0.4, 0.5) is 5.69 Å². The molecular formula is C18H19IN2O2S. The molecule has 4 nitrogen and oxygen atoms in total. The maximum atomic E-state index is 12.2. The second-order valence-corrected chi connectivity index (χ2v) is 7.19. The van der Waals surface area contributed by atoms with Crippen molar-refractivity contribution in [2.45, 2.75) is 13.8 Å². The van der Waals surface area contributed by atoms with E-state index in [-0.39, 0.29) is 11.0 Å². The Balaban J connectivity index is 1.96. The molecule has 0 heterocycles. The predicted octanol–water partition coefficient (Wildman–Crippen LogP) is 4.45. The standard InChI is InChI=1S/C18H19IN2O2S/c1-12(2)11-23-14-7-5-6-13(10-14)20-18(24)21-17(22)15-8-3-4-9-16(15)19/h3-10,12H,11H2,1-2H3,(H2,20,21,22,24). The molecule has 0 aromatic heterocycles. The summed E-state index contributed by atoms with van der Waals surface area (Å²) in [7, 11) is 0. The number of hydrogen-bond acceptors (Lipinski definition) is 3. The zero-order valence-electron chi connectivity index (χ0n) is 13.5. The van der Waals surface area contributed by atoms with Crippen molar-refractivity contribution in [2.24, 2.45) is 5.92 Å². The first-order valence-electron chi connectivity index (χ1n) is 7.55. The first kappa shape index (κ1) is 18.7. The lowest BCUT2D eigenvalue weighted by molar-refractivity contribution is 0.0977. The van der Waals surface area contributed by atoms with Crippen molar-refractivity contribution in [3.63, 3.8) is 0 Å². The van der Waals surface area contributed by atoms with Crippen LogP contribution in [0, 0.1) is 9.49 Å². The number of ether oxygens (including phenoxy) is 1. The summed E-state index contributed by atoms with van der Waals surface area (Å²) < 4.78 is 6.56. The summed E-state index contributed by atoms with van der Waals surface area (Å²) in [6.45, 7) is 4.84. The SMILES string of the molecule is CC(C)COc1cccc(NC(=S)NC(=O)c2ccccc2I)c1. The molecule has 0 saturated heterocycles. The summed E-state index contributed by atoms with van der Waals surface area (Å²) in [6, 6.07) is 14.8. The first-order chi connectivity index (χ1) is 11.5. The Morgan fingerprint density at radius 1 is 1.21 bits per heavy atom. The number of amides is 1. The largest absolute Gasteiger partial charge is 0.493 e. The van der Waals surface area contributed by atoms with Crippen molar-refractivity contribution < 1.29 is 9.53 Å². The molecule has 126 valence electrons. The fourth-order valence-electron chi connectivity index (χ4n) is 1.90. The average Bonchev–Trinajstić information content (AvgIpc) is 2.53. The molecule has 1 amide bonds. The van der Waals surface area contributed by atoms with E-state index in [1.54, 1.807) is 6.07 Å². The summed E-state index contributed by atoms with van der Waals surface area (Å²) in [5, 5.41) is 5.95. The van der Waals surface area contributed by atoms with Gasteiger partial charge in [-0.1, -0.05) is 32.0 Å². The maximum Gasteiger partial charge on any atom is 0.258 e. The molecule has 0 saturated carbocycles. The predicted molar refractivity (Wildman–Crippen MR) is 110 cm³/mol. The number of carbonyl (C=O) groups excluding carboxylic acids is 1. The first-order valence-corrected chi connectivity index (χ1v) is 9.04. The van der Waals surface area contributed by atoms with Gasteiger partial charge in [-0.25, -0.2) is 0 Å². The highest BCUT2D eigenvalue weighted by Gasteiger charge is 2.11. The molecule has 0 bridgehead atoms. The molecule has 2 aromatic rings. The Labute approximate surface area is 161 Å². The van der Waals surface area contributed by atoms with E-state index < -0.39 is 0 Å². The fourth-order valence-corrected chi connectivity index (χ4v) is 2.75. The van der Waals surface area contributed by atoms with Gasteiger partial charge in [-0.05, 0) is 65.0 Å². The highest BCUT2D eigenvalue weighted by atomic mass is 127. The number of nitrogens with one attached hydrogen (secondary N) is 2. The third kappa shape index (κ3) is 5.76. The number of hydrogen-bond donors (Lipinski definition) is 2. The van der Waals surface area contributed by atoms with Gasteiger partial charge >= 0.3 is 0 Å². The van der Waals surface area contributed by atoms with Gasteiger partial charge in [-0.3, -0.25) is 10.1 Å². The van der Waals surface area contributed by atoms with Crippen molar-refractivity contribution in [3.8, 4) is 5.75 Å². The quantitative estimate of drug-likeness (QED) is 0.518. The van der Waals surface area contributed by atoms with Crippen molar-refractivity contribution in [1.29, 1.82) is 0 Å². The molecule has 6 heteroatoms. The number of thiocarbonyl (C=S) groups is 1. The Hall–Kier alpha value is -1.67. The zero-order chi connectivity index (χ0) is 17.5. The van der Waals surface area contributed by atoms with Crippen LogP contribution < -0.4 is 15.4 Å². The second kappa shape index (κ2) is 8.98. The lowest BCUT2D eigenvalue weighted by atomic mass is 10.2. The molecule has 2 aromatic carbocycles. The Bertz CT molecular complexity index is 734. The van der Waals surface area contributed by atoms with Crippen LogP contribution in [-0.2, 0) is 0 Å². The van der Waals surface area contributed by atoms with E-state index in [4.69, 9.17) is 17.0 Å². The van der Waals surface area contributed by atoms with Gasteiger partial charge in [0.15, 0.2) is 5.11 Å². The lowest BCUT2D eigenvalue weighted by Gasteiger charge is -2.12. The van der Waals surface area contributed by atoms with Crippen LogP contribution in [-0.4, -0.2) is 17.6 Å². The van der Waals surface area contributed by atoms with Crippen molar-refractivity contribution >= 4 is 51.5 Å². The van der Waals surface area contributed by atoms with E-state index in [2.05, 4.69) is 47.1 Å². The smallest absolute Gasteiger partial charge is 0.258 e. The topological polar surface area (TPSA) is 50.4 Å². The Kier molecular flexibility index (Phi) is 6.99. The summed E-state index contributed by atoms with van der Waals surface area (Å²) in [6.07, 6.45) is 0. The van der Waals surface area contributed by atoms with E-state index in [1.807, 2.05) is 42.5 Å². The zero-order valence-corrected chi connectivity index (χ0v) is 16.5. The van der Waals surface area contributed by atoms with Crippen LogP contribution in [0.3, 0.4) is 0 Å². The number of anilines is 1. The Morgan fingerprint density at radius 3 is 2.67 bits per heavy atom. The molecule has 0 aliphatic rings. The summed E-state index contributed by atoms with van der Waals surface area (Å²) >= 11 is 7.34. The second-order valence-electron chi connectivity index (χ2n) is 5.62. The highest BCUT2D eigenvalue weighted by molar-refractivity contribution is 14.1. The van der Waals surface area contributed by atoms with Gasteiger partial charge in [-0.15, -0.1) is 0 Å². The molecule has 2 N–H and O–H groups in total. The molecule has 0 radical (unpaired) electrons. The van der Waals surface area contributed by atoms with Crippen LogP contribution in [0.2, 0.25) is 0 Å². The third-order valence-corrected chi connectivity index (χ3v) is 4.17. The monoisotopic (exact) mass is 454 g/mol. The highest BCUT2D eigenvalue weighted by Crippen LogP contribution is 2.18. The molecule has 0 fully saturated rings. The van der Waals surface area contributed by atoms with Gasteiger partial charge in [0.25, 0.3) is 5.91 Å². The van der Waals surface area contributed by atoms with Gasteiger partial charge in [0.05, 0.1) is 12.2 Å². The van der Waals surface area contributed by atoms with Gasteiger partial charge in [-0.2, -0.15) is 0 Å². The molecule has 0 unspecified atom stereocenters. The Morgan fingerprint density at radius 2 is 1.96 bits per heavy atom. The summed E-state index contributed by atoms with van der Waals surface area (Å²) in [4.78, 5) is 12.2. The van der Waals surface area contributed by atoms with Crippen LogP contribution in [0.5, 0.6) is 5.75 Å². The van der Waals surface area contributed by atoms with Crippen LogP contribution >= 0.6 is 34.8 Å². The minimum atomic E-state index is -0.232. The number of carbonyl (C=O) groups is 1. The number of rotatable bonds is 5. The van der Waals surface area contributed by atoms with E-state index in [1.165, 1.54) is 0 Å². The third-order valence-electron chi connectivity index (χ3n) is 3.02. The van der Waals surface area contributed by atoms with E-state index >= 15 is 0 Å². The lowest BCUT2D eigenvalue weighted by Crippen LogP contribution is -2.34. The van der Waals surface area contributed by atoms with E-state index in [0.717, 1.165) is 15.0 Å². The van der Waals surface area contributed by atoms with E-state index in [9.17, 15) is 4.79 Å². The minimum absolute atomic E-state index is 0.232. The van der Waals surface area contributed by atoms with Crippen LogP contribution in [0.15, 0.2) is 48.5 Å². The van der Waals surface area contributed by atoms with Gasteiger partial charge < -0.3 is 10.1 Å². The van der Waals surface area contributed by atoms with Crippen molar-refractivity contribution in [3.05, 3.63) is 57.7 Å².